The number of hydrogen-bond acceptors (Lipinski definition) is 3. The van der Waals surface area contributed by atoms with Gasteiger partial charge in [-0.05, 0) is 61.2 Å². The molecule has 1 fully saturated rings. The van der Waals surface area contributed by atoms with E-state index in [2.05, 4.69) is 5.32 Å². The highest BCUT2D eigenvalue weighted by molar-refractivity contribution is 7.89. The number of rotatable bonds is 5. The number of halogens is 3. The first-order chi connectivity index (χ1) is 15.1. The van der Waals surface area contributed by atoms with E-state index in [0.29, 0.717) is 24.3 Å². The van der Waals surface area contributed by atoms with Gasteiger partial charge >= 0.3 is 6.18 Å². The molecule has 2 aromatic carbocycles. The normalized spacial score (nSPS) is 16.1. The molecule has 2 aromatic rings. The van der Waals surface area contributed by atoms with E-state index in [9.17, 15) is 26.4 Å². The van der Waals surface area contributed by atoms with Gasteiger partial charge in [0.1, 0.15) is 0 Å². The Balaban J connectivity index is 1.76. The van der Waals surface area contributed by atoms with Crippen LogP contribution in [0.25, 0.3) is 6.08 Å². The number of sulfonamides is 1. The molecule has 0 saturated carbocycles. The third-order valence-electron chi connectivity index (χ3n) is 5.28. The Morgan fingerprint density at radius 2 is 1.72 bits per heavy atom. The van der Waals surface area contributed by atoms with Crippen LogP contribution in [0.4, 0.5) is 18.9 Å². The molecule has 1 aliphatic rings. The molecular formula is C23H25F3N2O3S. The van der Waals surface area contributed by atoms with Crippen LogP contribution in [0.5, 0.6) is 0 Å². The lowest BCUT2D eigenvalue weighted by Gasteiger charge is -2.21. The molecule has 0 bridgehead atoms. The predicted molar refractivity (Wildman–Crippen MR) is 118 cm³/mol. The molecule has 5 nitrogen and oxygen atoms in total. The monoisotopic (exact) mass is 466 g/mol. The minimum atomic E-state index is -4.47. The van der Waals surface area contributed by atoms with Gasteiger partial charge in [0.2, 0.25) is 15.9 Å². The Hall–Kier alpha value is -2.65. The van der Waals surface area contributed by atoms with Crippen LogP contribution in [0.1, 0.15) is 42.4 Å². The summed E-state index contributed by atoms with van der Waals surface area (Å²) in [6.45, 7) is 2.64. The van der Waals surface area contributed by atoms with E-state index in [0.717, 1.165) is 43.9 Å². The zero-order valence-electron chi connectivity index (χ0n) is 17.7. The van der Waals surface area contributed by atoms with Crippen molar-refractivity contribution in [1.82, 2.24) is 4.31 Å². The Bertz CT molecular complexity index is 1100. The minimum absolute atomic E-state index is 0.138. The van der Waals surface area contributed by atoms with Crippen molar-refractivity contribution in [3.8, 4) is 0 Å². The topological polar surface area (TPSA) is 66.5 Å². The average molecular weight is 467 g/mol. The first kappa shape index (κ1) is 24.0. The van der Waals surface area contributed by atoms with E-state index in [1.165, 1.54) is 28.6 Å². The minimum Gasteiger partial charge on any atom is -0.322 e. The molecular weight excluding hydrogens is 441 g/mol. The molecule has 9 heteroatoms. The van der Waals surface area contributed by atoms with Gasteiger partial charge in [-0.1, -0.05) is 31.0 Å². The smallest absolute Gasteiger partial charge is 0.322 e. The highest BCUT2D eigenvalue weighted by Gasteiger charge is 2.30. The summed E-state index contributed by atoms with van der Waals surface area (Å²) >= 11 is 0. The van der Waals surface area contributed by atoms with Gasteiger partial charge in [-0.2, -0.15) is 17.5 Å². The molecule has 0 radical (unpaired) electrons. The van der Waals surface area contributed by atoms with Crippen LogP contribution in [0.15, 0.2) is 53.4 Å². The van der Waals surface area contributed by atoms with Gasteiger partial charge in [-0.25, -0.2) is 8.42 Å². The van der Waals surface area contributed by atoms with E-state index in [1.807, 2.05) is 0 Å². The Labute approximate surface area is 186 Å². The second-order valence-corrected chi connectivity index (χ2v) is 9.65. The number of alkyl halides is 3. The van der Waals surface area contributed by atoms with Gasteiger partial charge in [-0.15, -0.1) is 0 Å². The van der Waals surface area contributed by atoms with Gasteiger partial charge < -0.3 is 5.32 Å². The number of carbonyl (C=O) groups excluding carboxylic acids is 1. The van der Waals surface area contributed by atoms with Gasteiger partial charge in [0.25, 0.3) is 0 Å². The van der Waals surface area contributed by atoms with Crippen molar-refractivity contribution in [2.24, 2.45) is 0 Å². The molecule has 32 heavy (non-hydrogen) atoms. The fourth-order valence-corrected chi connectivity index (χ4v) is 5.32. The van der Waals surface area contributed by atoms with E-state index in [4.69, 9.17) is 0 Å². The van der Waals surface area contributed by atoms with E-state index in [-0.39, 0.29) is 10.5 Å². The number of carbonyl (C=O) groups is 1. The summed E-state index contributed by atoms with van der Waals surface area (Å²) in [6.07, 6.45) is 1.54. The highest BCUT2D eigenvalue weighted by Crippen LogP contribution is 2.30. The molecule has 1 amide bonds. The van der Waals surface area contributed by atoms with Crippen LogP contribution in [0.3, 0.4) is 0 Å². The molecule has 1 aliphatic heterocycles. The van der Waals surface area contributed by atoms with E-state index >= 15 is 0 Å². The van der Waals surface area contributed by atoms with Crippen molar-refractivity contribution in [2.75, 3.05) is 18.4 Å². The summed E-state index contributed by atoms with van der Waals surface area (Å²) < 4.78 is 66.2. The SMILES string of the molecule is Cc1ccc(NC(=O)C=Cc2cccc(C(F)(F)F)c2)cc1S(=O)(=O)N1CCCCCC1. The fraction of sp³-hybridized carbons (Fsp3) is 0.348. The number of nitrogens with zero attached hydrogens (tertiary/aromatic N) is 1. The fourth-order valence-electron chi connectivity index (χ4n) is 3.55. The van der Waals surface area contributed by atoms with Crippen LogP contribution in [-0.2, 0) is 21.0 Å². The van der Waals surface area contributed by atoms with Crippen LogP contribution < -0.4 is 5.32 Å². The maximum absolute atomic E-state index is 13.1. The third kappa shape index (κ3) is 5.98. The Kier molecular flexibility index (Phi) is 7.40. The lowest BCUT2D eigenvalue weighted by molar-refractivity contribution is -0.137. The van der Waals surface area contributed by atoms with Crippen molar-refractivity contribution < 1.29 is 26.4 Å². The quantitative estimate of drug-likeness (QED) is 0.614. The summed E-state index contributed by atoms with van der Waals surface area (Å²) in [4.78, 5) is 12.4. The largest absolute Gasteiger partial charge is 0.416 e. The summed E-state index contributed by atoms with van der Waals surface area (Å²) in [5.41, 5.74) is 0.291. The van der Waals surface area contributed by atoms with E-state index in [1.54, 1.807) is 19.1 Å². The maximum Gasteiger partial charge on any atom is 0.416 e. The zero-order chi connectivity index (χ0) is 23.4. The van der Waals surface area contributed by atoms with Crippen LogP contribution in [0.2, 0.25) is 0 Å². The van der Waals surface area contributed by atoms with Crippen LogP contribution in [0, 0.1) is 6.92 Å². The highest BCUT2D eigenvalue weighted by atomic mass is 32.2. The van der Waals surface area contributed by atoms with Crippen molar-refractivity contribution in [2.45, 2.75) is 43.7 Å². The number of amides is 1. The molecule has 1 N–H and O–H groups in total. The number of anilines is 1. The Morgan fingerprint density at radius 3 is 2.38 bits per heavy atom. The third-order valence-corrected chi connectivity index (χ3v) is 7.32. The molecule has 0 aliphatic carbocycles. The standard InChI is InChI=1S/C23H25F3N2O3S/c1-17-9-11-20(16-21(17)32(30,31)28-13-4-2-3-5-14-28)27-22(29)12-10-18-7-6-8-19(15-18)23(24,25)26/h6-12,15-16H,2-5,13-14H2,1H3,(H,27,29). The number of hydrogen-bond donors (Lipinski definition) is 1. The summed E-state index contributed by atoms with van der Waals surface area (Å²) in [5, 5.41) is 2.58. The van der Waals surface area contributed by atoms with Gasteiger partial charge in [0.05, 0.1) is 10.5 Å². The molecule has 0 unspecified atom stereocenters. The van der Waals surface area contributed by atoms with Gasteiger partial charge in [0.15, 0.2) is 0 Å². The molecule has 3 rings (SSSR count). The molecule has 0 aromatic heterocycles. The zero-order valence-corrected chi connectivity index (χ0v) is 18.5. The lowest BCUT2D eigenvalue weighted by atomic mass is 10.1. The van der Waals surface area contributed by atoms with Crippen molar-refractivity contribution in [3.63, 3.8) is 0 Å². The molecule has 1 saturated heterocycles. The summed E-state index contributed by atoms with van der Waals surface area (Å²) in [7, 11) is -3.69. The van der Waals surface area contributed by atoms with Crippen LogP contribution >= 0.6 is 0 Å². The maximum atomic E-state index is 13.1. The number of nitrogens with one attached hydrogen (secondary N) is 1. The molecule has 1 heterocycles. The van der Waals surface area contributed by atoms with Gasteiger partial charge in [-0.3, -0.25) is 4.79 Å². The first-order valence-electron chi connectivity index (χ1n) is 10.3. The van der Waals surface area contributed by atoms with Crippen molar-refractivity contribution in [1.29, 1.82) is 0 Å². The summed E-state index contributed by atoms with van der Waals surface area (Å²) in [6, 6.07) is 9.25. The molecule has 172 valence electrons. The predicted octanol–water partition coefficient (Wildman–Crippen LogP) is 5.23. The second kappa shape index (κ2) is 9.87. The number of aryl methyl sites for hydroxylation is 1. The lowest BCUT2D eigenvalue weighted by Crippen LogP contribution is -2.32. The Morgan fingerprint density at radius 1 is 1.03 bits per heavy atom. The number of benzene rings is 2. The van der Waals surface area contributed by atoms with Crippen molar-refractivity contribution in [3.05, 3.63) is 65.2 Å². The molecule has 0 spiro atoms. The van der Waals surface area contributed by atoms with Crippen LogP contribution in [-0.4, -0.2) is 31.7 Å². The molecule has 0 atom stereocenters. The van der Waals surface area contributed by atoms with Gasteiger partial charge in [0, 0.05) is 24.9 Å². The second-order valence-electron chi connectivity index (χ2n) is 7.74. The first-order valence-corrected chi connectivity index (χ1v) is 11.8. The summed E-state index contributed by atoms with van der Waals surface area (Å²) in [5.74, 6) is -0.579. The van der Waals surface area contributed by atoms with Crippen molar-refractivity contribution >= 4 is 27.7 Å². The average Bonchev–Trinajstić information content (AvgIpc) is 3.03. The van der Waals surface area contributed by atoms with E-state index < -0.39 is 27.7 Å².